The largest absolute Gasteiger partial charge is 0.494 e. The first-order chi connectivity index (χ1) is 10.1. The third kappa shape index (κ3) is 4.04. The Balaban J connectivity index is 2.00. The van der Waals surface area contributed by atoms with Gasteiger partial charge in [-0.2, -0.15) is 11.8 Å². The molecule has 0 radical (unpaired) electrons. The standard InChI is InChI=1S/C14H18N2O4S/c1-2-20-11-5-3-10(4-6-11)15-14(19)16-7-8-21-9-12(16)13(17)18/h3-6,12H,2,7-9H2,1H3,(H,15,19)(H,17,18). The molecule has 1 aliphatic heterocycles. The van der Waals surface area contributed by atoms with Crippen LogP contribution in [0.15, 0.2) is 24.3 Å². The van der Waals surface area contributed by atoms with Gasteiger partial charge in [0, 0.05) is 23.7 Å². The molecule has 2 N–H and O–H groups in total. The molecule has 1 heterocycles. The van der Waals surface area contributed by atoms with Gasteiger partial charge < -0.3 is 20.1 Å². The molecule has 114 valence electrons. The Morgan fingerprint density at radius 3 is 2.76 bits per heavy atom. The molecular formula is C14H18N2O4S. The number of benzene rings is 1. The molecule has 0 aliphatic carbocycles. The van der Waals surface area contributed by atoms with Crippen molar-refractivity contribution >= 4 is 29.4 Å². The van der Waals surface area contributed by atoms with Crippen LogP contribution >= 0.6 is 11.8 Å². The van der Waals surface area contributed by atoms with Crippen LogP contribution in [0.3, 0.4) is 0 Å². The summed E-state index contributed by atoms with van der Waals surface area (Å²) < 4.78 is 5.33. The summed E-state index contributed by atoms with van der Waals surface area (Å²) in [4.78, 5) is 24.8. The zero-order valence-corrected chi connectivity index (χ0v) is 12.6. The normalized spacial score (nSPS) is 18.1. The van der Waals surface area contributed by atoms with Gasteiger partial charge in [-0.25, -0.2) is 9.59 Å². The molecule has 1 aliphatic rings. The van der Waals surface area contributed by atoms with E-state index in [0.29, 0.717) is 24.6 Å². The second-order valence-corrected chi connectivity index (χ2v) is 5.66. The van der Waals surface area contributed by atoms with E-state index in [1.165, 1.54) is 4.90 Å². The molecule has 1 unspecified atom stereocenters. The number of hydrogen-bond acceptors (Lipinski definition) is 4. The van der Waals surface area contributed by atoms with Gasteiger partial charge >= 0.3 is 12.0 Å². The summed E-state index contributed by atoms with van der Waals surface area (Å²) >= 11 is 1.55. The fourth-order valence-electron chi connectivity index (χ4n) is 2.05. The van der Waals surface area contributed by atoms with E-state index in [1.54, 1.807) is 36.0 Å². The lowest BCUT2D eigenvalue weighted by molar-refractivity contribution is -0.141. The Morgan fingerprint density at radius 2 is 2.14 bits per heavy atom. The second kappa shape index (κ2) is 7.21. The quantitative estimate of drug-likeness (QED) is 0.890. The highest BCUT2D eigenvalue weighted by molar-refractivity contribution is 7.99. The third-order valence-electron chi connectivity index (χ3n) is 3.09. The molecule has 1 saturated heterocycles. The van der Waals surface area contributed by atoms with Crippen molar-refractivity contribution in [2.45, 2.75) is 13.0 Å². The lowest BCUT2D eigenvalue weighted by Crippen LogP contribution is -2.51. The van der Waals surface area contributed by atoms with Crippen molar-refractivity contribution < 1.29 is 19.4 Å². The van der Waals surface area contributed by atoms with Crippen molar-refractivity contribution in [2.75, 3.05) is 30.0 Å². The highest BCUT2D eigenvalue weighted by Crippen LogP contribution is 2.20. The summed E-state index contributed by atoms with van der Waals surface area (Å²) in [6.45, 7) is 2.91. The molecule has 1 fully saturated rings. The minimum Gasteiger partial charge on any atom is -0.494 e. The van der Waals surface area contributed by atoms with E-state index in [4.69, 9.17) is 9.84 Å². The smallest absolute Gasteiger partial charge is 0.327 e. The van der Waals surface area contributed by atoms with Crippen molar-refractivity contribution in [1.29, 1.82) is 0 Å². The van der Waals surface area contributed by atoms with E-state index in [1.807, 2.05) is 6.92 Å². The van der Waals surface area contributed by atoms with Crippen LogP contribution in [0.2, 0.25) is 0 Å². The summed E-state index contributed by atoms with van der Waals surface area (Å²) in [5, 5.41) is 11.9. The Morgan fingerprint density at radius 1 is 1.43 bits per heavy atom. The van der Waals surface area contributed by atoms with Crippen LogP contribution in [0.1, 0.15) is 6.92 Å². The average Bonchev–Trinajstić information content (AvgIpc) is 2.49. The first-order valence-corrected chi connectivity index (χ1v) is 7.88. The number of ether oxygens (including phenoxy) is 1. The van der Waals surface area contributed by atoms with Crippen LogP contribution in [-0.4, -0.2) is 52.7 Å². The second-order valence-electron chi connectivity index (χ2n) is 4.51. The zero-order valence-electron chi connectivity index (χ0n) is 11.7. The molecule has 2 rings (SSSR count). The van der Waals surface area contributed by atoms with Crippen molar-refractivity contribution in [1.82, 2.24) is 4.90 Å². The molecule has 1 atom stereocenters. The summed E-state index contributed by atoms with van der Waals surface area (Å²) in [6, 6.07) is 5.84. The molecule has 2 amide bonds. The summed E-state index contributed by atoms with van der Waals surface area (Å²) in [6.07, 6.45) is 0. The van der Waals surface area contributed by atoms with Crippen molar-refractivity contribution in [3.05, 3.63) is 24.3 Å². The number of nitrogens with zero attached hydrogens (tertiary/aromatic N) is 1. The number of nitrogens with one attached hydrogen (secondary N) is 1. The number of amides is 2. The van der Waals surface area contributed by atoms with Crippen LogP contribution in [0.25, 0.3) is 0 Å². The van der Waals surface area contributed by atoms with Crippen LogP contribution in [0, 0.1) is 0 Å². The van der Waals surface area contributed by atoms with Crippen molar-refractivity contribution in [3.8, 4) is 5.75 Å². The maximum absolute atomic E-state index is 12.2. The number of thioether (sulfide) groups is 1. The van der Waals surface area contributed by atoms with Crippen LogP contribution in [0.5, 0.6) is 5.75 Å². The van der Waals surface area contributed by atoms with Gasteiger partial charge in [0.15, 0.2) is 0 Å². The van der Waals surface area contributed by atoms with E-state index in [-0.39, 0.29) is 6.03 Å². The van der Waals surface area contributed by atoms with Gasteiger partial charge in [-0.3, -0.25) is 0 Å². The first kappa shape index (κ1) is 15.5. The molecule has 21 heavy (non-hydrogen) atoms. The molecule has 0 saturated carbocycles. The van der Waals surface area contributed by atoms with E-state index in [0.717, 1.165) is 11.5 Å². The summed E-state index contributed by atoms with van der Waals surface area (Å²) in [5.74, 6) is 0.935. The number of rotatable bonds is 4. The minimum absolute atomic E-state index is 0.383. The van der Waals surface area contributed by atoms with Crippen LogP contribution in [-0.2, 0) is 4.79 Å². The molecule has 0 aromatic heterocycles. The first-order valence-electron chi connectivity index (χ1n) is 6.73. The SMILES string of the molecule is CCOc1ccc(NC(=O)N2CCSCC2C(=O)O)cc1. The lowest BCUT2D eigenvalue weighted by atomic mass is 10.2. The molecule has 6 nitrogen and oxygen atoms in total. The van der Waals surface area contributed by atoms with Gasteiger partial charge in [0.25, 0.3) is 0 Å². The number of urea groups is 1. The Hall–Kier alpha value is -1.89. The number of anilines is 1. The van der Waals surface area contributed by atoms with Crippen LogP contribution in [0.4, 0.5) is 10.5 Å². The van der Waals surface area contributed by atoms with E-state index in [2.05, 4.69) is 5.32 Å². The number of carbonyl (C=O) groups excluding carboxylic acids is 1. The topological polar surface area (TPSA) is 78.9 Å². The predicted molar refractivity (Wildman–Crippen MR) is 82.1 cm³/mol. The van der Waals surface area contributed by atoms with Crippen molar-refractivity contribution in [3.63, 3.8) is 0 Å². The highest BCUT2D eigenvalue weighted by atomic mass is 32.2. The fraction of sp³-hybridized carbons (Fsp3) is 0.429. The zero-order chi connectivity index (χ0) is 15.2. The van der Waals surface area contributed by atoms with Crippen LogP contribution < -0.4 is 10.1 Å². The van der Waals surface area contributed by atoms with E-state index in [9.17, 15) is 9.59 Å². The summed E-state index contributed by atoms with van der Waals surface area (Å²) in [7, 11) is 0. The molecule has 7 heteroatoms. The predicted octanol–water partition coefficient (Wildman–Crippen LogP) is 2.12. The molecule has 0 spiro atoms. The van der Waals surface area contributed by atoms with Gasteiger partial charge in [-0.15, -0.1) is 0 Å². The Kier molecular flexibility index (Phi) is 5.32. The minimum atomic E-state index is -0.968. The van der Waals surface area contributed by atoms with Gasteiger partial charge in [0.2, 0.25) is 0 Å². The Labute approximate surface area is 127 Å². The van der Waals surface area contributed by atoms with Gasteiger partial charge in [-0.1, -0.05) is 0 Å². The molecule has 1 aromatic carbocycles. The average molecular weight is 310 g/mol. The number of carbonyl (C=O) groups is 2. The number of hydrogen-bond donors (Lipinski definition) is 2. The lowest BCUT2D eigenvalue weighted by Gasteiger charge is -2.32. The monoisotopic (exact) mass is 310 g/mol. The maximum atomic E-state index is 12.2. The highest BCUT2D eigenvalue weighted by Gasteiger charge is 2.32. The molecule has 0 bridgehead atoms. The molecule has 1 aromatic rings. The van der Waals surface area contributed by atoms with Gasteiger partial charge in [0.05, 0.1) is 6.61 Å². The Bertz CT molecular complexity index is 506. The molecular weight excluding hydrogens is 292 g/mol. The van der Waals surface area contributed by atoms with Crippen molar-refractivity contribution in [2.24, 2.45) is 0 Å². The summed E-state index contributed by atoms with van der Waals surface area (Å²) in [5.41, 5.74) is 0.616. The van der Waals surface area contributed by atoms with Gasteiger partial charge in [0.1, 0.15) is 11.8 Å². The fourth-order valence-corrected chi connectivity index (χ4v) is 3.09. The number of aliphatic carboxylic acids is 1. The van der Waals surface area contributed by atoms with Gasteiger partial charge in [-0.05, 0) is 31.2 Å². The third-order valence-corrected chi connectivity index (χ3v) is 4.11. The number of carboxylic acids is 1. The maximum Gasteiger partial charge on any atom is 0.327 e. The van der Waals surface area contributed by atoms with E-state index < -0.39 is 12.0 Å². The number of carboxylic acid groups (broad SMARTS) is 1. The van der Waals surface area contributed by atoms with E-state index >= 15 is 0 Å².